The van der Waals surface area contributed by atoms with Crippen molar-refractivity contribution in [2.24, 2.45) is 0 Å². The van der Waals surface area contributed by atoms with E-state index in [1.807, 2.05) is 4.90 Å². The van der Waals surface area contributed by atoms with Gasteiger partial charge in [0.05, 0.1) is 6.10 Å². The third kappa shape index (κ3) is 4.03. The summed E-state index contributed by atoms with van der Waals surface area (Å²) in [6, 6.07) is 3.41. The number of hydrogen-bond donors (Lipinski definition) is 1. The lowest BCUT2D eigenvalue weighted by Crippen LogP contribution is -2.53. The SMILES string of the molecule is O=S(=O)(c1cccs1)N1CCN(C(=S)NC[C@@H]2CCCO2)CC1. The van der Waals surface area contributed by atoms with Gasteiger partial charge in [0, 0.05) is 39.3 Å². The van der Waals surface area contributed by atoms with Crippen molar-refractivity contribution in [1.29, 1.82) is 0 Å². The molecule has 3 rings (SSSR count). The van der Waals surface area contributed by atoms with E-state index in [9.17, 15) is 8.42 Å². The summed E-state index contributed by atoms with van der Waals surface area (Å²) in [7, 11) is -3.35. The van der Waals surface area contributed by atoms with Crippen LogP contribution in [0.3, 0.4) is 0 Å². The Bertz CT molecular complexity index is 619. The van der Waals surface area contributed by atoms with Gasteiger partial charge in [-0.3, -0.25) is 0 Å². The molecule has 1 atom stereocenters. The van der Waals surface area contributed by atoms with E-state index in [1.165, 1.54) is 15.6 Å². The third-order valence-corrected chi connectivity index (χ3v) is 7.79. The molecule has 9 heteroatoms. The van der Waals surface area contributed by atoms with Gasteiger partial charge in [-0.2, -0.15) is 4.31 Å². The first-order valence-electron chi connectivity index (χ1n) is 7.75. The summed E-state index contributed by atoms with van der Waals surface area (Å²) in [5.74, 6) is 0. The summed E-state index contributed by atoms with van der Waals surface area (Å²) in [6.45, 7) is 3.71. The average Bonchev–Trinajstić information content (AvgIpc) is 3.26. The zero-order chi connectivity index (χ0) is 16.3. The summed E-state index contributed by atoms with van der Waals surface area (Å²) in [5.41, 5.74) is 0. The smallest absolute Gasteiger partial charge is 0.252 e. The van der Waals surface area contributed by atoms with Gasteiger partial charge in [-0.05, 0) is 36.5 Å². The van der Waals surface area contributed by atoms with Crippen LogP contribution >= 0.6 is 23.6 Å². The van der Waals surface area contributed by atoms with E-state index in [-0.39, 0.29) is 6.10 Å². The minimum atomic E-state index is -3.35. The molecule has 2 aliphatic heterocycles. The highest BCUT2D eigenvalue weighted by molar-refractivity contribution is 7.91. The second kappa shape index (κ2) is 7.43. The Kier molecular flexibility index (Phi) is 5.53. The number of nitrogens with zero attached hydrogens (tertiary/aromatic N) is 2. The lowest BCUT2D eigenvalue weighted by atomic mass is 10.2. The number of hydrogen-bond acceptors (Lipinski definition) is 5. The van der Waals surface area contributed by atoms with E-state index in [0.717, 1.165) is 26.0 Å². The molecule has 0 aliphatic carbocycles. The van der Waals surface area contributed by atoms with E-state index in [2.05, 4.69) is 5.32 Å². The fraction of sp³-hybridized carbons (Fsp3) is 0.643. The molecule has 23 heavy (non-hydrogen) atoms. The van der Waals surface area contributed by atoms with Crippen molar-refractivity contribution in [2.75, 3.05) is 39.3 Å². The Morgan fingerprint density at radius 3 is 2.78 bits per heavy atom. The Hall–Kier alpha value is -0.740. The molecule has 0 radical (unpaired) electrons. The second-order valence-electron chi connectivity index (χ2n) is 5.64. The van der Waals surface area contributed by atoms with E-state index in [1.54, 1.807) is 17.5 Å². The number of ether oxygens (including phenoxy) is 1. The molecule has 128 valence electrons. The molecule has 0 unspecified atom stereocenters. The molecule has 0 amide bonds. The minimum absolute atomic E-state index is 0.244. The van der Waals surface area contributed by atoms with E-state index in [0.29, 0.717) is 35.5 Å². The highest BCUT2D eigenvalue weighted by Gasteiger charge is 2.30. The summed E-state index contributed by atoms with van der Waals surface area (Å²) < 4.78 is 32.5. The summed E-state index contributed by atoms with van der Waals surface area (Å²) >= 11 is 6.67. The molecule has 1 aromatic rings. The van der Waals surface area contributed by atoms with Gasteiger partial charge in [-0.15, -0.1) is 11.3 Å². The predicted octanol–water partition coefficient (Wildman–Crippen LogP) is 1.11. The normalized spacial score (nSPS) is 23.1. The highest BCUT2D eigenvalue weighted by atomic mass is 32.2. The topological polar surface area (TPSA) is 61.9 Å². The van der Waals surface area contributed by atoms with Gasteiger partial charge in [-0.1, -0.05) is 6.07 Å². The van der Waals surface area contributed by atoms with E-state index >= 15 is 0 Å². The first-order chi connectivity index (χ1) is 11.1. The van der Waals surface area contributed by atoms with Gasteiger partial charge in [0.1, 0.15) is 4.21 Å². The lowest BCUT2D eigenvalue weighted by molar-refractivity contribution is 0.113. The van der Waals surface area contributed by atoms with Crippen molar-refractivity contribution >= 4 is 38.7 Å². The Morgan fingerprint density at radius 1 is 1.39 bits per heavy atom. The maximum absolute atomic E-state index is 12.5. The molecule has 6 nitrogen and oxygen atoms in total. The number of sulfonamides is 1. The van der Waals surface area contributed by atoms with Crippen LogP contribution in [0.2, 0.25) is 0 Å². The van der Waals surface area contributed by atoms with Gasteiger partial charge in [0.15, 0.2) is 5.11 Å². The van der Waals surface area contributed by atoms with Crippen molar-refractivity contribution in [3.05, 3.63) is 17.5 Å². The molecule has 0 bridgehead atoms. The lowest BCUT2D eigenvalue weighted by Gasteiger charge is -2.35. The molecule has 0 saturated carbocycles. The van der Waals surface area contributed by atoms with Crippen LogP contribution in [-0.4, -0.2) is 68.2 Å². The van der Waals surface area contributed by atoms with Crippen molar-refractivity contribution in [2.45, 2.75) is 23.2 Å². The number of piperazine rings is 1. The number of rotatable bonds is 4. The molecule has 0 spiro atoms. The zero-order valence-corrected chi connectivity index (χ0v) is 15.3. The van der Waals surface area contributed by atoms with E-state index in [4.69, 9.17) is 17.0 Å². The molecule has 1 aromatic heterocycles. The highest BCUT2D eigenvalue weighted by Crippen LogP contribution is 2.22. The van der Waals surface area contributed by atoms with Gasteiger partial charge >= 0.3 is 0 Å². The van der Waals surface area contributed by atoms with E-state index < -0.39 is 10.0 Å². The largest absolute Gasteiger partial charge is 0.376 e. The van der Waals surface area contributed by atoms with Gasteiger partial charge < -0.3 is 15.0 Å². The van der Waals surface area contributed by atoms with Crippen LogP contribution in [0.4, 0.5) is 0 Å². The zero-order valence-electron chi connectivity index (χ0n) is 12.8. The molecule has 2 fully saturated rings. The summed E-state index contributed by atoms with van der Waals surface area (Å²) in [4.78, 5) is 2.03. The quantitative estimate of drug-likeness (QED) is 0.796. The van der Waals surface area contributed by atoms with Crippen LogP contribution in [0.25, 0.3) is 0 Å². The van der Waals surface area contributed by atoms with Crippen LogP contribution in [0.5, 0.6) is 0 Å². The van der Waals surface area contributed by atoms with Gasteiger partial charge in [0.2, 0.25) is 0 Å². The molecule has 2 saturated heterocycles. The standard InChI is InChI=1S/C14H21N3O3S3/c18-23(19,13-4-2-10-22-13)17-7-5-16(6-8-17)14(21)15-11-12-3-1-9-20-12/h2,4,10,12H,1,3,5-9,11H2,(H,15,21)/t12-/m0/s1. The van der Waals surface area contributed by atoms with Crippen molar-refractivity contribution in [3.8, 4) is 0 Å². The molecule has 2 aliphatic rings. The first kappa shape index (κ1) is 17.1. The predicted molar refractivity (Wildman–Crippen MR) is 94.2 cm³/mol. The summed E-state index contributed by atoms with van der Waals surface area (Å²) in [5, 5.41) is 5.72. The van der Waals surface area contributed by atoms with Crippen LogP contribution in [0.15, 0.2) is 21.7 Å². The minimum Gasteiger partial charge on any atom is -0.376 e. The van der Waals surface area contributed by atoms with Crippen molar-refractivity contribution in [1.82, 2.24) is 14.5 Å². The summed E-state index contributed by atoms with van der Waals surface area (Å²) in [6.07, 6.45) is 2.43. The van der Waals surface area contributed by atoms with Crippen LogP contribution in [-0.2, 0) is 14.8 Å². The van der Waals surface area contributed by atoms with Crippen LogP contribution in [0.1, 0.15) is 12.8 Å². The first-order valence-corrected chi connectivity index (χ1v) is 10.5. The van der Waals surface area contributed by atoms with Crippen LogP contribution < -0.4 is 5.32 Å². The number of nitrogens with one attached hydrogen (secondary N) is 1. The Morgan fingerprint density at radius 2 is 2.17 bits per heavy atom. The maximum atomic E-state index is 12.5. The molecule has 1 N–H and O–H groups in total. The maximum Gasteiger partial charge on any atom is 0.252 e. The fourth-order valence-corrected chi connectivity index (χ4v) is 5.62. The van der Waals surface area contributed by atoms with Crippen LogP contribution in [0, 0.1) is 0 Å². The third-order valence-electron chi connectivity index (χ3n) is 4.12. The Balaban J connectivity index is 1.49. The Labute approximate surface area is 146 Å². The average molecular weight is 376 g/mol. The number of thiocarbonyl (C=S) groups is 1. The molecular formula is C14H21N3O3S3. The molecule has 3 heterocycles. The molecule has 0 aromatic carbocycles. The fourth-order valence-electron chi connectivity index (χ4n) is 2.79. The van der Waals surface area contributed by atoms with Gasteiger partial charge in [0.25, 0.3) is 10.0 Å². The van der Waals surface area contributed by atoms with Crippen molar-refractivity contribution in [3.63, 3.8) is 0 Å². The van der Waals surface area contributed by atoms with Crippen molar-refractivity contribution < 1.29 is 13.2 Å². The molecular weight excluding hydrogens is 354 g/mol. The number of thiophene rings is 1. The monoisotopic (exact) mass is 375 g/mol. The second-order valence-corrected chi connectivity index (χ2v) is 9.14. The van der Waals surface area contributed by atoms with Gasteiger partial charge in [-0.25, -0.2) is 8.42 Å².